The number of rotatable bonds is 5. The SMILES string of the molecule is CN(c1ccccc1Br)C(CO)CCO. The van der Waals surface area contributed by atoms with Crippen molar-refractivity contribution in [2.24, 2.45) is 0 Å². The maximum Gasteiger partial charge on any atom is 0.0635 e. The lowest BCUT2D eigenvalue weighted by Crippen LogP contribution is -2.35. The van der Waals surface area contributed by atoms with Gasteiger partial charge in [0.05, 0.1) is 18.3 Å². The van der Waals surface area contributed by atoms with Crippen molar-refractivity contribution in [2.75, 3.05) is 25.2 Å². The molecule has 84 valence electrons. The Hall–Kier alpha value is -0.580. The lowest BCUT2D eigenvalue weighted by Gasteiger charge is -2.29. The van der Waals surface area contributed by atoms with Gasteiger partial charge in [-0.1, -0.05) is 12.1 Å². The second-order valence-corrected chi connectivity index (χ2v) is 4.27. The summed E-state index contributed by atoms with van der Waals surface area (Å²) in [5, 5.41) is 18.1. The third-order valence-electron chi connectivity index (χ3n) is 2.45. The second kappa shape index (κ2) is 6.10. The van der Waals surface area contributed by atoms with Crippen LogP contribution in [0.25, 0.3) is 0 Å². The molecule has 0 fully saturated rings. The minimum atomic E-state index is -0.0475. The van der Waals surface area contributed by atoms with Gasteiger partial charge in [-0.25, -0.2) is 0 Å². The molecule has 0 radical (unpaired) electrons. The van der Waals surface area contributed by atoms with E-state index in [0.717, 1.165) is 10.2 Å². The molecule has 0 saturated carbocycles. The highest BCUT2D eigenvalue weighted by atomic mass is 79.9. The molecule has 4 heteroatoms. The fourth-order valence-electron chi connectivity index (χ4n) is 1.49. The van der Waals surface area contributed by atoms with Crippen LogP contribution in [0, 0.1) is 0 Å². The zero-order chi connectivity index (χ0) is 11.3. The van der Waals surface area contributed by atoms with Gasteiger partial charge in [-0.05, 0) is 34.5 Å². The van der Waals surface area contributed by atoms with Crippen molar-refractivity contribution in [2.45, 2.75) is 12.5 Å². The molecular formula is C11H16BrNO2. The van der Waals surface area contributed by atoms with Gasteiger partial charge in [-0.3, -0.25) is 0 Å². The Bertz CT molecular complexity index is 306. The van der Waals surface area contributed by atoms with E-state index in [1.54, 1.807) is 0 Å². The number of hydrogen-bond donors (Lipinski definition) is 2. The lowest BCUT2D eigenvalue weighted by atomic mass is 10.2. The Morgan fingerprint density at radius 3 is 2.53 bits per heavy atom. The summed E-state index contributed by atoms with van der Waals surface area (Å²) in [6.45, 7) is 0.123. The number of likely N-dealkylation sites (N-methyl/N-ethyl adjacent to an activating group) is 1. The van der Waals surface area contributed by atoms with Crippen molar-refractivity contribution in [3.8, 4) is 0 Å². The first-order valence-electron chi connectivity index (χ1n) is 4.89. The number of halogens is 1. The zero-order valence-corrected chi connectivity index (χ0v) is 10.3. The second-order valence-electron chi connectivity index (χ2n) is 3.41. The van der Waals surface area contributed by atoms with Gasteiger partial charge in [0.25, 0.3) is 0 Å². The zero-order valence-electron chi connectivity index (χ0n) is 8.73. The Morgan fingerprint density at radius 1 is 1.33 bits per heavy atom. The van der Waals surface area contributed by atoms with E-state index in [0.29, 0.717) is 6.42 Å². The van der Waals surface area contributed by atoms with Crippen LogP contribution < -0.4 is 4.90 Å². The van der Waals surface area contributed by atoms with Gasteiger partial charge >= 0.3 is 0 Å². The molecule has 3 nitrogen and oxygen atoms in total. The summed E-state index contributed by atoms with van der Waals surface area (Å²) in [7, 11) is 1.91. The summed E-state index contributed by atoms with van der Waals surface area (Å²) in [6, 6.07) is 7.78. The minimum Gasteiger partial charge on any atom is -0.396 e. The van der Waals surface area contributed by atoms with E-state index >= 15 is 0 Å². The molecule has 1 aromatic carbocycles. The first-order valence-corrected chi connectivity index (χ1v) is 5.69. The molecule has 1 atom stereocenters. The number of nitrogens with zero attached hydrogens (tertiary/aromatic N) is 1. The fourth-order valence-corrected chi connectivity index (χ4v) is 2.06. The molecule has 0 spiro atoms. The highest BCUT2D eigenvalue weighted by Crippen LogP contribution is 2.26. The summed E-state index contributed by atoms with van der Waals surface area (Å²) < 4.78 is 0.990. The Kier molecular flexibility index (Phi) is 5.08. The number of aliphatic hydroxyl groups is 2. The highest BCUT2D eigenvalue weighted by Gasteiger charge is 2.15. The summed E-state index contributed by atoms with van der Waals surface area (Å²) in [5.74, 6) is 0. The third-order valence-corrected chi connectivity index (χ3v) is 3.12. The van der Waals surface area contributed by atoms with Crippen LogP contribution in [0.15, 0.2) is 28.7 Å². The Balaban J connectivity index is 2.82. The largest absolute Gasteiger partial charge is 0.396 e. The van der Waals surface area contributed by atoms with Crippen molar-refractivity contribution >= 4 is 21.6 Å². The summed E-state index contributed by atoms with van der Waals surface area (Å²) in [6.07, 6.45) is 0.564. The van der Waals surface area contributed by atoms with E-state index in [9.17, 15) is 5.11 Å². The molecule has 0 amide bonds. The molecule has 0 heterocycles. The molecule has 1 aromatic rings. The van der Waals surface area contributed by atoms with Gasteiger partial charge in [0, 0.05) is 18.1 Å². The van der Waals surface area contributed by atoms with E-state index in [2.05, 4.69) is 15.9 Å². The monoisotopic (exact) mass is 273 g/mol. The van der Waals surface area contributed by atoms with Gasteiger partial charge < -0.3 is 15.1 Å². The predicted octanol–water partition coefficient (Wildman–Crippen LogP) is 1.63. The molecule has 0 saturated heterocycles. The molecular weight excluding hydrogens is 258 g/mol. The van der Waals surface area contributed by atoms with Gasteiger partial charge in [0.1, 0.15) is 0 Å². The van der Waals surface area contributed by atoms with Crippen molar-refractivity contribution < 1.29 is 10.2 Å². The average molecular weight is 274 g/mol. The Labute approximate surface area is 98.5 Å². The minimum absolute atomic E-state index is 0.0401. The van der Waals surface area contributed by atoms with Gasteiger partial charge in [0.15, 0.2) is 0 Å². The molecule has 0 aliphatic carbocycles. The van der Waals surface area contributed by atoms with Crippen LogP contribution >= 0.6 is 15.9 Å². The van der Waals surface area contributed by atoms with Gasteiger partial charge in [-0.2, -0.15) is 0 Å². The normalized spacial score (nSPS) is 12.5. The molecule has 0 aromatic heterocycles. The van der Waals surface area contributed by atoms with Crippen molar-refractivity contribution in [1.82, 2.24) is 0 Å². The van der Waals surface area contributed by atoms with E-state index in [-0.39, 0.29) is 19.3 Å². The summed E-state index contributed by atoms with van der Waals surface area (Å²) >= 11 is 3.46. The van der Waals surface area contributed by atoms with Crippen LogP contribution in [-0.2, 0) is 0 Å². The number of anilines is 1. The molecule has 1 unspecified atom stereocenters. The molecule has 0 aliphatic rings. The van der Waals surface area contributed by atoms with E-state index < -0.39 is 0 Å². The third kappa shape index (κ3) is 3.19. The van der Waals surface area contributed by atoms with Gasteiger partial charge in [-0.15, -0.1) is 0 Å². The summed E-state index contributed by atoms with van der Waals surface area (Å²) in [4.78, 5) is 1.97. The summed E-state index contributed by atoms with van der Waals surface area (Å²) in [5.41, 5.74) is 1.02. The number of aliphatic hydroxyl groups excluding tert-OH is 2. The lowest BCUT2D eigenvalue weighted by molar-refractivity contribution is 0.218. The van der Waals surface area contributed by atoms with Crippen LogP contribution in [0.4, 0.5) is 5.69 Å². The van der Waals surface area contributed by atoms with Crippen LogP contribution in [0.1, 0.15) is 6.42 Å². The maximum absolute atomic E-state index is 9.21. The van der Waals surface area contributed by atoms with Crippen LogP contribution in [0.5, 0.6) is 0 Å². The average Bonchev–Trinajstić information content (AvgIpc) is 2.25. The van der Waals surface area contributed by atoms with Crippen LogP contribution in [-0.4, -0.2) is 36.5 Å². The van der Waals surface area contributed by atoms with Crippen molar-refractivity contribution in [3.63, 3.8) is 0 Å². The quantitative estimate of drug-likeness (QED) is 0.857. The molecule has 1 rings (SSSR count). The van der Waals surface area contributed by atoms with Crippen LogP contribution in [0.3, 0.4) is 0 Å². The standard InChI is InChI=1S/C11H16BrNO2/c1-13(9(8-15)6-7-14)11-5-3-2-4-10(11)12/h2-5,9,14-15H,6-8H2,1H3. The van der Waals surface area contributed by atoms with E-state index in [1.807, 2.05) is 36.2 Å². The number of hydrogen-bond acceptors (Lipinski definition) is 3. The molecule has 15 heavy (non-hydrogen) atoms. The maximum atomic E-state index is 9.21. The van der Waals surface area contributed by atoms with Crippen molar-refractivity contribution in [1.29, 1.82) is 0 Å². The van der Waals surface area contributed by atoms with Crippen molar-refractivity contribution in [3.05, 3.63) is 28.7 Å². The van der Waals surface area contributed by atoms with Crippen LogP contribution in [0.2, 0.25) is 0 Å². The van der Waals surface area contributed by atoms with E-state index in [4.69, 9.17) is 5.11 Å². The molecule has 2 N–H and O–H groups in total. The predicted molar refractivity (Wildman–Crippen MR) is 65.1 cm³/mol. The Morgan fingerprint density at radius 2 is 2.00 bits per heavy atom. The first kappa shape index (κ1) is 12.5. The molecule has 0 bridgehead atoms. The fraction of sp³-hybridized carbons (Fsp3) is 0.455. The number of para-hydroxylation sites is 1. The smallest absolute Gasteiger partial charge is 0.0635 e. The van der Waals surface area contributed by atoms with Gasteiger partial charge in [0.2, 0.25) is 0 Å². The highest BCUT2D eigenvalue weighted by molar-refractivity contribution is 9.10. The number of benzene rings is 1. The molecule has 0 aliphatic heterocycles. The topological polar surface area (TPSA) is 43.7 Å². The van der Waals surface area contributed by atoms with E-state index in [1.165, 1.54) is 0 Å². The first-order chi connectivity index (χ1) is 7.20.